The highest BCUT2D eigenvalue weighted by Gasteiger charge is 2.20. The number of hydrogen-bond acceptors (Lipinski definition) is 5. The molecule has 1 unspecified atom stereocenters. The number of ether oxygens (including phenoxy) is 1. The summed E-state index contributed by atoms with van der Waals surface area (Å²) in [6, 6.07) is 19.8. The van der Waals surface area contributed by atoms with Gasteiger partial charge in [0, 0.05) is 11.3 Å². The van der Waals surface area contributed by atoms with E-state index < -0.39 is 11.7 Å². The van der Waals surface area contributed by atoms with Gasteiger partial charge in [-0.2, -0.15) is 0 Å². The molecule has 4 N–H and O–H groups in total. The molecule has 1 aliphatic carbocycles. The van der Waals surface area contributed by atoms with Gasteiger partial charge >= 0.3 is 12.1 Å². The highest BCUT2D eigenvalue weighted by Crippen LogP contribution is 2.28. The van der Waals surface area contributed by atoms with Gasteiger partial charge in [0.15, 0.2) is 0 Å². The van der Waals surface area contributed by atoms with Crippen molar-refractivity contribution in [2.75, 3.05) is 36.6 Å². The van der Waals surface area contributed by atoms with Crippen molar-refractivity contribution in [2.24, 2.45) is 0 Å². The smallest absolute Gasteiger partial charge is 0.412 e. The molecule has 0 aromatic heterocycles. The molecule has 4 amide bonds. The molecule has 3 aromatic carbocycles. The molecule has 1 atom stereocenters. The van der Waals surface area contributed by atoms with Crippen molar-refractivity contribution >= 4 is 35.1 Å². The number of aryl methyl sites for hydroxylation is 1. The van der Waals surface area contributed by atoms with Gasteiger partial charge in [0.1, 0.15) is 5.60 Å². The van der Waals surface area contributed by atoms with Gasteiger partial charge in [-0.3, -0.25) is 10.1 Å². The number of benzene rings is 3. The number of carbonyl (C=O) groups excluding carboxylic acids is 3. The predicted molar refractivity (Wildman–Crippen MR) is 172 cm³/mol. The van der Waals surface area contributed by atoms with Gasteiger partial charge in [0.05, 0.1) is 17.4 Å². The van der Waals surface area contributed by atoms with E-state index in [-0.39, 0.29) is 18.0 Å². The summed E-state index contributed by atoms with van der Waals surface area (Å²) in [5.74, 6) is -0.325. The third kappa shape index (κ3) is 9.31. The van der Waals surface area contributed by atoms with Crippen molar-refractivity contribution in [3.05, 3.63) is 89.0 Å². The van der Waals surface area contributed by atoms with Crippen LogP contribution < -0.4 is 21.3 Å². The summed E-state index contributed by atoms with van der Waals surface area (Å²) in [5.41, 5.74) is 4.99. The van der Waals surface area contributed by atoms with Crippen molar-refractivity contribution in [2.45, 2.75) is 64.5 Å². The quantitative estimate of drug-likeness (QED) is 0.217. The summed E-state index contributed by atoms with van der Waals surface area (Å²) in [7, 11) is 3.99. The summed E-state index contributed by atoms with van der Waals surface area (Å²) in [6.45, 7) is 6.13. The monoisotopic (exact) mass is 585 g/mol. The molecule has 9 heteroatoms. The third-order valence-corrected chi connectivity index (χ3v) is 7.20. The molecular weight excluding hydrogens is 542 g/mol. The Morgan fingerprint density at radius 2 is 1.47 bits per heavy atom. The van der Waals surface area contributed by atoms with Crippen LogP contribution in [-0.2, 0) is 17.6 Å². The SMILES string of the molecule is CN(C)CCC(NC(=O)Nc1cccc2c1CCCC2)c1ccc(C(=O)Nc2ccccc2NC(=O)OC(C)(C)C)cc1. The fraction of sp³-hybridized carbons (Fsp3) is 0.382. The third-order valence-electron chi connectivity index (χ3n) is 7.20. The van der Waals surface area contributed by atoms with Gasteiger partial charge < -0.3 is 25.6 Å². The van der Waals surface area contributed by atoms with Crippen LogP contribution in [0.1, 0.15) is 73.1 Å². The predicted octanol–water partition coefficient (Wildman–Crippen LogP) is 6.98. The van der Waals surface area contributed by atoms with Crippen LogP contribution in [-0.4, -0.2) is 49.2 Å². The van der Waals surface area contributed by atoms with E-state index in [0.717, 1.165) is 37.1 Å². The van der Waals surface area contributed by atoms with Crippen LogP contribution in [0.25, 0.3) is 0 Å². The number of nitrogens with zero attached hydrogens (tertiary/aromatic N) is 1. The molecule has 0 fully saturated rings. The number of para-hydroxylation sites is 2. The van der Waals surface area contributed by atoms with Crippen LogP contribution in [0.2, 0.25) is 0 Å². The first-order valence-corrected chi connectivity index (χ1v) is 14.8. The molecule has 3 aromatic rings. The first kappa shape index (κ1) is 31.6. The van der Waals surface area contributed by atoms with Crippen molar-refractivity contribution in [3.63, 3.8) is 0 Å². The maximum absolute atomic E-state index is 13.2. The minimum absolute atomic E-state index is 0.251. The molecule has 9 nitrogen and oxygen atoms in total. The minimum atomic E-state index is -0.648. The molecule has 1 aliphatic rings. The van der Waals surface area contributed by atoms with Gasteiger partial charge in [0.2, 0.25) is 0 Å². The molecule has 0 aliphatic heterocycles. The molecule has 0 spiro atoms. The Balaban J connectivity index is 1.44. The van der Waals surface area contributed by atoms with E-state index in [0.29, 0.717) is 23.4 Å². The number of fused-ring (bicyclic) bond motifs is 1. The molecule has 0 saturated heterocycles. The molecular formula is C34H43N5O4. The molecule has 0 radical (unpaired) electrons. The standard InChI is InChI=1S/C34H43N5O4/c1-34(2,3)43-33(42)38-30-15-9-8-14-29(30)35-31(40)25-19-17-24(18-20-25)27(21-22-39(4)5)36-32(41)37-28-16-10-12-23-11-6-7-13-26(23)28/h8-10,12,14-20,27H,6-7,11,13,21-22H2,1-5H3,(H,35,40)(H,38,42)(H2,36,37,41). The second-order valence-electron chi connectivity index (χ2n) is 12.1. The normalized spacial score (nSPS) is 13.4. The first-order valence-electron chi connectivity index (χ1n) is 14.8. The second-order valence-corrected chi connectivity index (χ2v) is 12.1. The topological polar surface area (TPSA) is 112 Å². The maximum Gasteiger partial charge on any atom is 0.412 e. The first-order chi connectivity index (χ1) is 20.5. The zero-order valence-corrected chi connectivity index (χ0v) is 25.8. The lowest BCUT2D eigenvalue weighted by atomic mass is 9.90. The van der Waals surface area contributed by atoms with E-state index in [1.54, 1.807) is 57.2 Å². The summed E-state index contributed by atoms with van der Waals surface area (Å²) in [5, 5.41) is 11.8. The summed E-state index contributed by atoms with van der Waals surface area (Å²) >= 11 is 0. The van der Waals surface area contributed by atoms with Crippen LogP contribution in [0, 0.1) is 0 Å². The zero-order valence-electron chi connectivity index (χ0n) is 25.8. The van der Waals surface area contributed by atoms with Crippen LogP contribution in [0.15, 0.2) is 66.7 Å². The Morgan fingerprint density at radius 3 is 2.14 bits per heavy atom. The Hall–Kier alpha value is -4.37. The number of hydrogen-bond donors (Lipinski definition) is 4. The fourth-order valence-electron chi connectivity index (χ4n) is 5.10. The Bertz CT molecular complexity index is 1430. The fourth-order valence-corrected chi connectivity index (χ4v) is 5.10. The van der Waals surface area contributed by atoms with Gasteiger partial charge in [-0.25, -0.2) is 9.59 Å². The lowest BCUT2D eigenvalue weighted by Gasteiger charge is -2.23. The van der Waals surface area contributed by atoms with E-state index in [1.807, 2.05) is 38.4 Å². The number of carbonyl (C=O) groups is 3. The summed E-state index contributed by atoms with van der Waals surface area (Å²) in [4.78, 5) is 40.7. The number of anilines is 3. The number of amides is 4. The van der Waals surface area contributed by atoms with E-state index in [1.165, 1.54) is 17.5 Å². The van der Waals surface area contributed by atoms with Crippen molar-refractivity contribution in [1.82, 2.24) is 10.2 Å². The van der Waals surface area contributed by atoms with E-state index in [4.69, 9.17) is 4.74 Å². The van der Waals surface area contributed by atoms with Gasteiger partial charge in [-0.1, -0.05) is 36.4 Å². The van der Waals surface area contributed by atoms with Gasteiger partial charge in [-0.15, -0.1) is 0 Å². The maximum atomic E-state index is 13.2. The average molecular weight is 586 g/mol. The molecule has 228 valence electrons. The number of rotatable bonds is 9. The molecule has 43 heavy (non-hydrogen) atoms. The lowest BCUT2D eigenvalue weighted by Crippen LogP contribution is -2.34. The molecule has 0 heterocycles. The van der Waals surface area contributed by atoms with Crippen LogP contribution >= 0.6 is 0 Å². The molecule has 4 rings (SSSR count). The van der Waals surface area contributed by atoms with Crippen molar-refractivity contribution in [3.8, 4) is 0 Å². The van der Waals surface area contributed by atoms with E-state index >= 15 is 0 Å². The molecule has 0 bridgehead atoms. The number of urea groups is 1. The van der Waals surface area contributed by atoms with E-state index in [9.17, 15) is 14.4 Å². The summed E-state index contributed by atoms with van der Waals surface area (Å²) in [6.07, 6.45) is 4.42. The Labute approximate surface area is 254 Å². The molecule has 0 saturated carbocycles. The van der Waals surface area contributed by atoms with Gasteiger partial charge in [0.25, 0.3) is 5.91 Å². The van der Waals surface area contributed by atoms with Gasteiger partial charge in [-0.05, 0) is 121 Å². The van der Waals surface area contributed by atoms with Crippen LogP contribution in [0.5, 0.6) is 0 Å². The van der Waals surface area contributed by atoms with Crippen molar-refractivity contribution in [1.29, 1.82) is 0 Å². The zero-order chi connectivity index (χ0) is 31.0. The highest BCUT2D eigenvalue weighted by molar-refractivity contribution is 6.07. The number of nitrogens with one attached hydrogen (secondary N) is 4. The van der Waals surface area contributed by atoms with E-state index in [2.05, 4.69) is 32.2 Å². The largest absolute Gasteiger partial charge is 0.444 e. The average Bonchev–Trinajstić information content (AvgIpc) is 2.95. The van der Waals surface area contributed by atoms with Crippen LogP contribution in [0.3, 0.4) is 0 Å². The van der Waals surface area contributed by atoms with Crippen LogP contribution in [0.4, 0.5) is 26.7 Å². The Kier molecular flexibility index (Phi) is 10.4. The lowest BCUT2D eigenvalue weighted by molar-refractivity contribution is 0.0635. The Morgan fingerprint density at radius 1 is 0.814 bits per heavy atom. The highest BCUT2D eigenvalue weighted by atomic mass is 16.6. The summed E-state index contributed by atoms with van der Waals surface area (Å²) < 4.78 is 5.34. The van der Waals surface area contributed by atoms with Crippen molar-refractivity contribution < 1.29 is 19.1 Å². The minimum Gasteiger partial charge on any atom is -0.444 e. The second kappa shape index (κ2) is 14.2.